The summed E-state index contributed by atoms with van der Waals surface area (Å²) in [7, 11) is -1.03. The highest BCUT2D eigenvalue weighted by molar-refractivity contribution is 7.91. The van der Waals surface area contributed by atoms with E-state index in [0.717, 1.165) is 19.3 Å². The van der Waals surface area contributed by atoms with Crippen molar-refractivity contribution in [1.82, 2.24) is 25.2 Å². The SMILES string of the molecule is COc1ccc2c(O[C@@H]3C[C@H]4C(=O)N[C@]5(C(=O)NS(=O)(=O)C6CC6)C[C@H]5/C=C\CC[C@H](C)C[C@@H](C)[C@H](NC(=O)OC5CC6C(C)C6C5)C(=O)N4C3)nc(-c3ccc(OC)c(F)c3)cc2c1.[HH].[HH].[HH]. The van der Waals surface area contributed by atoms with E-state index in [2.05, 4.69) is 29.2 Å². The lowest BCUT2D eigenvalue weighted by molar-refractivity contribution is -0.142. The number of amides is 4. The molecular weight excluding hydrogens is 858 g/mol. The Hall–Kier alpha value is -5.45. The topological polar surface area (TPSA) is 192 Å². The van der Waals surface area contributed by atoms with Crippen molar-refractivity contribution in [2.75, 3.05) is 20.8 Å². The number of aromatic nitrogens is 1. The van der Waals surface area contributed by atoms with E-state index in [9.17, 15) is 22.8 Å². The van der Waals surface area contributed by atoms with E-state index in [1.165, 1.54) is 24.1 Å². The van der Waals surface area contributed by atoms with Crippen molar-refractivity contribution in [1.29, 1.82) is 0 Å². The van der Waals surface area contributed by atoms with Gasteiger partial charge >= 0.3 is 6.09 Å². The van der Waals surface area contributed by atoms with Crippen molar-refractivity contribution < 1.29 is 55.2 Å². The van der Waals surface area contributed by atoms with Crippen LogP contribution in [0, 0.1) is 41.3 Å². The van der Waals surface area contributed by atoms with Gasteiger partial charge in [-0.1, -0.05) is 32.9 Å². The molecule has 4 amide bonds. The lowest BCUT2D eigenvalue weighted by Crippen LogP contribution is -2.59. The number of nitrogens with one attached hydrogen (secondary N) is 3. The van der Waals surface area contributed by atoms with Crippen LogP contribution in [0.5, 0.6) is 17.4 Å². The third-order valence-electron chi connectivity index (χ3n) is 14.7. The third kappa shape index (κ3) is 9.09. The number of carbonyl (C=O) groups is 4. The number of nitrogens with zero attached hydrogens (tertiary/aromatic N) is 2. The molecule has 15 nitrogen and oxygen atoms in total. The largest absolute Gasteiger partial charge is 0.497 e. The number of hydrogen-bond donors (Lipinski definition) is 3. The van der Waals surface area contributed by atoms with Gasteiger partial charge in [-0.2, -0.15) is 0 Å². The van der Waals surface area contributed by atoms with Crippen molar-refractivity contribution in [3.05, 3.63) is 60.4 Å². The maximum Gasteiger partial charge on any atom is 0.408 e. The fourth-order valence-electron chi connectivity index (χ4n) is 10.6. The predicted octanol–water partition coefficient (Wildman–Crippen LogP) is 6.78. The van der Waals surface area contributed by atoms with Crippen molar-refractivity contribution in [3.63, 3.8) is 0 Å². The second-order valence-electron chi connectivity index (χ2n) is 19.3. The minimum atomic E-state index is -3.95. The van der Waals surface area contributed by atoms with Gasteiger partial charge < -0.3 is 34.5 Å². The summed E-state index contributed by atoms with van der Waals surface area (Å²) in [5.74, 6) is -0.822. The average Bonchev–Trinajstić information content (AvgIpc) is 4.23. The molecule has 3 N–H and O–H groups in total. The molecule has 1 aromatic heterocycles. The monoisotopic (exact) mass is 921 g/mol. The van der Waals surface area contributed by atoms with Crippen LogP contribution in [0.15, 0.2) is 54.6 Å². The standard InChI is InChI=1S/C48H58FN5O10S.3H2/c1-25-8-6-7-9-30-23-48(30,46(57)53-65(59,60)34-12-13-34)52-43(55)40-22-33(24-54(40)45(56)42(26(2)16-25)51-47(58)64-32-20-36-27(3)37(36)21-32)63-44-35-14-11-31(61-4)17-29(35)19-39(50-44)28-10-15-41(62-5)38(49)18-28;;;/h7,9-11,14-15,17-19,25-27,30,32-34,36-37,40,42H,6,8,12-13,16,20-24H2,1-5H3,(H,51,58)(H,52,55)(H,53,57);3*1H/b9-7-;;;/t25-,26+,27?,30+,32?,33+,36?,37?,40-,42-,48+;;;/m0.../s1. The molecule has 65 heavy (non-hydrogen) atoms. The first-order valence-electron chi connectivity index (χ1n) is 22.9. The van der Waals surface area contributed by atoms with Gasteiger partial charge in [-0.25, -0.2) is 22.6 Å². The van der Waals surface area contributed by atoms with Crippen molar-refractivity contribution in [3.8, 4) is 28.6 Å². The quantitative estimate of drug-likeness (QED) is 0.182. The molecule has 0 radical (unpaired) electrons. The predicted molar refractivity (Wildman–Crippen MR) is 244 cm³/mol. The molecule has 0 bridgehead atoms. The van der Waals surface area contributed by atoms with Gasteiger partial charge in [-0.3, -0.25) is 19.1 Å². The Labute approximate surface area is 383 Å². The molecule has 4 aliphatic carbocycles. The van der Waals surface area contributed by atoms with E-state index >= 15 is 9.18 Å². The zero-order valence-electron chi connectivity index (χ0n) is 37.4. The third-order valence-corrected chi connectivity index (χ3v) is 16.5. The maximum atomic E-state index is 15.2. The van der Waals surface area contributed by atoms with Crippen LogP contribution in [0.3, 0.4) is 0 Å². The van der Waals surface area contributed by atoms with Gasteiger partial charge in [0, 0.05) is 27.6 Å². The number of carbonyl (C=O) groups excluding carboxylic acids is 4. The summed E-state index contributed by atoms with van der Waals surface area (Å²) >= 11 is 0. The second-order valence-corrected chi connectivity index (χ2v) is 21.3. The first kappa shape index (κ1) is 44.7. The summed E-state index contributed by atoms with van der Waals surface area (Å²) in [6.45, 7) is 6.10. The normalized spacial score (nSPS) is 32.7. The molecule has 3 aromatic rings. The fraction of sp³-hybridized carbons (Fsp3) is 0.562. The molecule has 9 rings (SSSR count). The van der Waals surface area contributed by atoms with Crippen LogP contribution in [-0.4, -0.2) is 98.0 Å². The Morgan fingerprint density at radius 2 is 1.72 bits per heavy atom. The second kappa shape index (κ2) is 17.4. The van der Waals surface area contributed by atoms with Crippen molar-refractivity contribution in [2.45, 2.75) is 114 Å². The van der Waals surface area contributed by atoms with Crippen LogP contribution in [0.1, 0.15) is 82.8 Å². The van der Waals surface area contributed by atoms with E-state index in [-0.39, 0.29) is 53.2 Å². The fourth-order valence-corrected chi connectivity index (χ4v) is 11.9. The van der Waals surface area contributed by atoms with E-state index in [1.54, 1.807) is 37.4 Å². The van der Waals surface area contributed by atoms with Gasteiger partial charge in [0.15, 0.2) is 11.6 Å². The molecule has 1 saturated heterocycles. The number of pyridine rings is 1. The molecule has 0 spiro atoms. The molecule has 2 unspecified atom stereocenters. The summed E-state index contributed by atoms with van der Waals surface area (Å²) < 4.78 is 66.6. The van der Waals surface area contributed by atoms with Crippen LogP contribution < -0.4 is 29.6 Å². The Morgan fingerprint density at radius 1 is 0.954 bits per heavy atom. The van der Waals surface area contributed by atoms with Gasteiger partial charge in [0.25, 0.3) is 5.91 Å². The Kier molecular flexibility index (Phi) is 12.0. The van der Waals surface area contributed by atoms with Gasteiger partial charge in [0.2, 0.25) is 27.7 Å². The number of rotatable bonds is 10. The smallest absolute Gasteiger partial charge is 0.408 e. The number of fused-ring (bicyclic) bond motifs is 4. The molecule has 354 valence electrons. The average molecular weight is 922 g/mol. The number of halogens is 1. The lowest BCUT2D eigenvalue weighted by Gasteiger charge is -2.33. The molecular formula is C48H64FN5O10S. The molecule has 6 aliphatic rings. The highest BCUT2D eigenvalue weighted by Crippen LogP contribution is 2.57. The number of hydrogen-bond acceptors (Lipinski definition) is 11. The first-order valence-corrected chi connectivity index (χ1v) is 24.4. The molecule has 3 heterocycles. The van der Waals surface area contributed by atoms with Crippen LogP contribution in [0.2, 0.25) is 0 Å². The van der Waals surface area contributed by atoms with Gasteiger partial charge in [0.05, 0.1) is 31.7 Å². The number of allylic oxidation sites excluding steroid dienone is 1. The van der Waals surface area contributed by atoms with E-state index in [4.69, 9.17) is 23.9 Å². The Morgan fingerprint density at radius 3 is 2.43 bits per heavy atom. The molecule has 17 heteroatoms. The Balaban J connectivity index is 0.00000254. The van der Waals surface area contributed by atoms with E-state index in [1.807, 2.05) is 19.1 Å². The van der Waals surface area contributed by atoms with Crippen LogP contribution in [-0.2, 0) is 29.1 Å². The van der Waals surface area contributed by atoms with Gasteiger partial charge in [-0.05, 0) is 129 Å². The molecule has 9 atom stereocenters. The highest BCUT2D eigenvalue weighted by atomic mass is 32.2. The number of methoxy groups -OCH3 is 2. The van der Waals surface area contributed by atoms with Crippen molar-refractivity contribution >= 4 is 44.6 Å². The summed E-state index contributed by atoms with van der Waals surface area (Å²) in [6.07, 6.45) is 6.64. The van der Waals surface area contributed by atoms with Crippen LogP contribution in [0.25, 0.3) is 22.0 Å². The maximum absolute atomic E-state index is 15.2. The van der Waals surface area contributed by atoms with E-state index < -0.39 is 74.5 Å². The summed E-state index contributed by atoms with van der Waals surface area (Å²) in [5.41, 5.74) is -0.743. The highest BCUT2D eigenvalue weighted by Gasteiger charge is 2.62. The minimum Gasteiger partial charge on any atom is -0.497 e. The number of alkyl carbamates (subject to hydrolysis) is 1. The zero-order chi connectivity index (χ0) is 45.9. The number of ether oxygens (including phenoxy) is 4. The van der Waals surface area contributed by atoms with Crippen LogP contribution in [0.4, 0.5) is 9.18 Å². The summed E-state index contributed by atoms with van der Waals surface area (Å²) in [5, 5.41) is 6.43. The number of benzene rings is 2. The molecule has 2 aliphatic heterocycles. The lowest BCUT2D eigenvalue weighted by atomic mass is 9.88. The Bertz CT molecular complexity index is 2540. The molecule has 2 aromatic carbocycles. The van der Waals surface area contributed by atoms with Gasteiger partial charge in [-0.15, -0.1) is 0 Å². The van der Waals surface area contributed by atoms with E-state index in [0.29, 0.717) is 71.2 Å². The molecule has 5 fully saturated rings. The first-order chi connectivity index (χ1) is 31.1. The van der Waals surface area contributed by atoms with Crippen LogP contribution >= 0.6 is 0 Å². The summed E-state index contributed by atoms with van der Waals surface area (Å²) in [4.78, 5) is 63.8. The zero-order valence-corrected chi connectivity index (χ0v) is 38.2. The summed E-state index contributed by atoms with van der Waals surface area (Å²) in [6, 6.07) is 9.31. The van der Waals surface area contributed by atoms with Gasteiger partial charge in [0.1, 0.15) is 35.6 Å². The minimum absolute atomic E-state index is 0. The number of sulfonamides is 1. The molecule has 4 saturated carbocycles. The van der Waals surface area contributed by atoms with Crippen molar-refractivity contribution in [2.24, 2.45) is 35.5 Å².